The van der Waals surface area contributed by atoms with Gasteiger partial charge in [0.1, 0.15) is 0 Å². The number of benzene rings is 2. The molecule has 0 aliphatic heterocycles. The SMILES string of the molecule is CC(C(F)(F)F)(C(F)(F)F)C(F)(F)F.CC(c1ccccc1)(C(F)(F)F)C(F)(F)F.OC(c1cccc(C(O)(C(F)(F)F)C(F)(F)F)c1)(C(F)(F)F)C(F)(F)F. The van der Waals surface area contributed by atoms with Crippen molar-refractivity contribution in [1.29, 1.82) is 0 Å². The Morgan fingerprint density at radius 2 is 0.536 bits per heavy atom. The lowest BCUT2D eigenvalue weighted by atomic mass is 9.81. The predicted octanol–water partition coefficient (Wildman–Crippen LogP) is 12.1. The van der Waals surface area contributed by atoms with Crippen LogP contribution in [0.15, 0.2) is 54.6 Å². The predicted molar refractivity (Wildman–Crippen MR) is 131 cm³/mol. The molecule has 29 heteroatoms. The fourth-order valence-corrected chi connectivity index (χ4v) is 3.69. The third-order valence-electron chi connectivity index (χ3n) is 7.52. The van der Waals surface area contributed by atoms with Crippen LogP contribution >= 0.6 is 0 Å². The fraction of sp³-hybridized carbons (Fsp3) is 0.556. The maximum absolute atomic E-state index is 12.7. The Hall–Kier alpha value is -3.53. The number of hydrogen-bond acceptors (Lipinski definition) is 2. The highest BCUT2D eigenvalue weighted by atomic mass is 19.5. The zero-order valence-corrected chi connectivity index (χ0v) is 26.3. The smallest absolute Gasteiger partial charge is 0.369 e. The molecule has 2 aromatic carbocycles. The maximum atomic E-state index is 12.7. The molecule has 0 saturated heterocycles. The van der Waals surface area contributed by atoms with Gasteiger partial charge in [0.25, 0.3) is 16.6 Å². The summed E-state index contributed by atoms with van der Waals surface area (Å²) in [6, 6.07) is 4.03. The molecule has 0 heterocycles. The van der Waals surface area contributed by atoms with E-state index in [0.29, 0.717) is 0 Å². The Labute approximate surface area is 292 Å². The number of aliphatic hydroxyl groups is 2. The third-order valence-corrected chi connectivity index (χ3v) is 7.52. The van der Waals surface area contributed by atoms with E-state index in [1.807, 2.05) is 0 Å². The maximum Gasteiger partial charge on any atom is 0.430 e. The summed E-state index contributed by atoms with van der Waals surface area (Å²) in [4.78, 5) is 0. The Kier molecular flexibility index (Phi) is 14.4. The second kappa shape index (κ2) is 15.3. The first-order chi connectivity index (χ1) is 24.1. The quantitative estimate of drug-likeness (QED) is 0.302. The third kappa shape index (κ3) is 9.59. The van der Waals surface area contributed by atoms with Crippen molar-refractivity contribution >= 4 is 0 Å². The molecular formula is C27H17F27O2. The molecule has 56 heavy (non-hydrogen) atoms. The van der Waals surface area contributed by atoms with E-state index in [0.717, 1.165) is 24.3 Å². The lowest BCUT2D eigenvalue weighted by Crippen LogP contribution is -2.57. The second-order valence-corrected chi connectivity index (χ2v) is 11.1. The summed E-state index contributed by atoms with van der Waals surface area (Å²) in [5.74, 6) is 0. The van der Waals surface area contributed by atoms with Gasteiger partial charge in [-0.25, -0.2) is 0 Å². The molecule has 2 aromatic rings. The molecular weight excluding hydrogens is 869 g/mol. The van der Waals surface area contributed by atoms with Crippen molar-refractivity contribution in [2.45, 2.75) is 86.1 Å². The summed E-state index contributed by atoms with van der Waals surface area (Å²) >= 11 is 0. The first kappa shape index (κ1) is 52.5. The van der Waals surface area contributed by atoms with Crippen LogP contribution in [0.3, 0.4) is 0 Å². The minimum Gasteiger partial charge on any atom is -0.369 e. The van der Waals surface area contributed by atoms with Gasteiger partial charge in [-0.1, -0.05) is 48.5 Å². The molecule has 0 amide bonds. The standard InChI is InChI=1S/C12H6F12O2.C10H8F6.C5H3F9/c13-9(14,15)7(25,10(16,17)18)5-2-1-3-6(4-5)8(26,11(19,20)21)12(22,23)24;1-8(9(11,12)13,10(14,15)16)7-5-3-2-4-6-7;1-2(3(6,7)8,4(9,10)11)5(12,13)14/h1-4,25-26H;2-6H,1H3;1H3. The van der Waals surface area contributed by atoms with Crippen molar-refractivity contribution in [3.63, 3.8) is 0 Å². The van der Waals surface area contributed by atoms with Gasteiger partial charge in [-0.3, -0.25) is 0 Å². The van der Waals surface area contributed by atoms with Gasteiger partial charge in [-0.15, -0.1) is 0 Å². The van der Waals surface area contributed by atoms with Crippen LogP contribution in [0.25, 0.3) is 0 Å². The highest BCUT2D eigenvalue weighted by Crippen LogP contribution is 2.59. The minimum atomic E-state index is -6.54. The van der Waals surface area contributed by atoms with Crippen LogP contribution in [-0.4, -0.2) is 65.8 Å². The number of alkyl halides is 27. The van der Waals surface area contributed by atoms with E-state index in [4.69, 9.17) is 10.2 Å². The van der Waals surface area contributed by atoms with Gasteiger partial charge in [-0.2, -0.15) is 119 Å². The highest BCUT2D eigenvalue weighted by Gasteiger charge is 2.81. The summed E-state index contributed by atoms with van der Waals surface area (Å²) in [5.41, 5.74) is -26.6. The summed E-state index contributed by atoms with van der Waals surface area (Å²) in [6.07, 6.45) is -56.2. The Morgan fingerprint density at radius 1 is 0.304 bits per heavy atom. The van der Waals surface area contributed by atoms with Crippen molar-refractivity contribution in [2.24, 2.45) is 5.41 Å². The molecule has 2 nitrogen and oxygen atoms in total. The van der Waals surface area contributed by atoms with Crippen molar-refractivity contribution in [1.82, 2.24) is 0 Å². The Morgan fingerprint density at radius 3 is 0.714 bits per heavy atom. The van der Waals surface area contributed by atoms with Crippen LogP contribution in [0, 0.1) is 5.41 Å². The van der Waals surface area contributed by atoms with Gasteiger partial charge in [0, 0.05) is 11.1 Å². The van der Waals surface area contributed by atoms with Gasteiger partial charge < -0.3 is 10.2 Å². The molecule has 0 aliphatic rings. The van der Waals surface area contributed by atoms with Crippen LogP contribution in [0.5, 0.6) is 0 Å². The molecule has 0 bridgehead atoms. The van der Waals surface area contributed by atoms with E-state index in [-0.39, 0.29) is 25.1 Å². The van der Waals surface area contributed by atoms with Gasteiger partial charge in [-0.05, 0) is 25.5 Å². The monoisotopic (exact) mass is 886 g/mol. The molecule has 0 unspecified atom stereocenters. The first-order valence-electron chi connectivity index (χ1n) is 13.3. The van der Waals surface area contributed by atoms with Gasteiger partial charge in [0.2, 0.25) is 0 Å². The van der Waals surface area contributed by atoms with E-state index < -0.39 is 107 Å². The Bertz CT molecular complexity index is 1430. The molecule has 0 atom stereocenters. The summed E-state index contributed by atoms with van der Waals surface area (Å²) in [6.45, 7) is -0.796. The van der Waals surface area contributed by atoms with Gasteiger partial charge in [0.15, 0.2) is 5.41 Å². The Balaban J connectivity index is 0.000000867. The summed E-state index contributed by atoms with van der Waals surface area (Å²) < 4.78 is 333. The second-order valence-electron chi connectivity index (χ2n) is 11.1. The molecule has 0 aromatic heterocycles. The number of halogens is 27. The molecule has 0 saturated carbocycles. The topological polar surface area (TPSA) is 40.5 Å². The van der Waals surface area contributed by atoms with E-state index >= 15 is 0 Å². The lowest BCUT2D eigenvalue weighted by molar-refractivity contribution is -0.420. The van der Waals surface area contributed by atoms with Gasteiger partial charge >= 0.3 is 55.6 Å². The number of hydrogen-bond donors (Lipinski definition) is 2. The average molecular weight is 886 g/mol. The fourth-order valence-electron chi connectivity index (χ4n) is 3.69. The van der Waals surface area contributed by atoms with E-state index in [9.17, 15) is 119 Å². The van der Waals surface area contributed by atoms with Crippen molar-refractivity contribution < 1.29 is 129 Å². The molecule has 0 radical (unpaired) electrons. The number of rotatable bonds is 3. The van der Waals surface area contributed by atoms with Crippen LogP contribution in [-0.2, 0) is 16.6 Å². The molecule has 0 aliphatic carbocycles. The first-order valence-corrected chi connectivity index (χ1v) is 13.3. The van der Waals surface area contributed by atoms with Crippen molar-refractivity contribution in [3.8, 4) is 0 Å². The van der Waals surface area contributed by atoms with Crippen molar-refractivity contribution in [3.05, 3.63) is 71.3 Å². The van der Waals surface area contributed by atoms with E-state index in [1.54, 1.807) is 0 Å². The minimum absolute atomic E-state index is 0.0322. The van der Waals surface area contributed by atoms with Crippen LogP contribution in [0.4, 0.5) is 119 Å². The normalized spacial score (nSPS) is 15.1. The largest absolute Gasteiger partial charge is 0.430 e. The van der Waals surface area contributed by atoms with Crippen LogP contribution in [0.1, 0.15) is 30.5 Å². The molecule has 0 spiro atoms. The van der Waals surface area contributed by atoms with Crippen molar-refractivity contribution in [2.75, 3.05) is 0 Å². The summed E-state index contributed by atoms with van der Waals surface area (Å²) in [7, 11) is 0. The van der Waals surface area contributed by atoms with E-state index in [1.165, 1.54) is 6.07 Å². The molecule has 2 rings (SSSR count). The highest BCUT2D eigenvalue weighted by molar-refractivity contribution is 5.36. The van der Waals surface area contributed by atoms with E-state index in [2.05, 4.69) is 0 Å². The summed E-state index contributed by atoms with van der Waals surface area (Å²) in [5, 5.41) is 18.1. The molecule has 0 fully saturated rings. The average Bonchev–Trinajstić information content (AvgIpc) is 2.95. The lowest BCUT2D eigenvalue weighted by Gasteiger charge is -2.35. The zero-order valence-electron chi connectivity index (χ0n) is 26.3. The molecule has 326 valence electrons. The molecule has 2 N–H and O–H groups in total. The van der Waals surface area contributed by atoms with Crippen LogP contribution < -0.4 is 0 Å². The van der Waals surface area contributed by atoms with Gasteiger partial charge in [0.05, 0.1) is 0 Å². The zero-order chi connectivity index (χ0) is 45.6. The van der Waals surface area contributed by atoms with Crippen LogP contribution in [0.2, 0.25) is 0 Å².